The summed E-state index contributed by atoms with van der Waals surface area (Å²) in [6.07, 6.45) is 4.98. The Morgan fingerprint density at radius 2 is 1.87 bits per heavy atom. The van der Waals surface area contributed by atoms with Crippen molar-refractivity contribution < 1.29 is 8.42 Å². The van der Waals surface area contributed by atoms with E-state index in [9.17, 15) is 8.42 Å². The molecule has 0 radical (unpaired) electrons. The third kappa shape index (κ3) is 8.05. The summed E-state index contributed by atoms with van der Waals surface area (Å²) in [7, 11) is -3.17. The van der Waals surface area contributed by atoms with E-state index in [1.165, 1.54) is 0 Å². The average Bonchev–Trinajstić information content (AvgIpc) is 2.14. The van der Waals surface area contributed by atoms with Crippen LogP contribution in [0.1, 0.15) is 46.0 Å². The summed E-state index contributed by atoms with van der Waals surface area (Å²) in [4.78, 5) is 0. The monoisotopic (exact) mass is 255 g/mol. The number of hydrogen-bond donors (Lipinski definition) is 1. The Hall–Kier alpha value is 0.200. The van der Waals surface area contributed by atoms with E-state index in [1.54, 1.807) is 0 Å². The minimum Gasteiger partial charge on any atom is -0.212 e. The van der Waals surface area contributed by atoms with Crippen LogP contribution in [0.2, 0.25) is 0 Å². The third-order valence-corrected chi connectivity index (χ3v) is 4.08. The summed E-state index contributed by atoms with van der Waals surface area (Å²) in [5.74, 6) is 0.169. The molecule has 3 nitrogen and oxygen atoms in total. The van der Waals surface area contributed by atoms with Crippen LogP contribution in [0.15, 0.2) is 0 Å². The third-order valence-electron chi connectivity index (χ3n) is 2.24. The predicted octanol–water partition coefficient (Wildman–Crippen LogP) is 2.50. The molecule has 1 unspecified atom stereocenters. The first-order valence-electron chi connectivity index (χ1n) is 5.61. The van der Waals surface area contributed by atoms with Gasteiger partial charge in [0.2, 0.25) is 10.0 Å². The van der Waals surface area contributed by atoms with Crippen LogP contribution in [0.3, 0.4) is 0 Å². The zero-order valence-corrected chi connectivity index (χ0v) is 11.2. The van der Waals surface area contributed by atoms with Crippen molar-refractivity contribution in [3.8, 4) is 0 Å². The molecule has 1 N–H and O–H groups in total. The van der Waals surface area contributed by atoms with Crippen LogP contribution in [0, 0.1) is 0 Å². The Balaban J connectivity index is 4.13. The van der Waals surface area contributed by atoms with E-state index in [0.717, 1.165) is 32.1 Å². The van der Waals surface area contributed by atoms with E-state index in [-0.39, 0.29) is 17.7 Å². The van der Waals surface area contributed by atoms with Crippen LogP contribution in [0.4, 0.5) is 0 Å². The highest BCUT2D eigenvalue weighted by atomic mass is 35.5. The van der Waals surface area contributed by atoms with Gasteiger partial charge >= 0.3 is 0 Å². The van der Waals surface area contributed by atoms with E-state index >= 15 is 0 Å². The minimum atomic E-state index is -3.17. The van der Waals surface area contributed by atoms with Crippen molar-refractivity contribution in [3.63, 3.8) is 0 Å². The molecule has 0 aliphatic carbocycles. The highest BCUT2D eigenvalue weighted by Crippen LogP contribution is 2.08. The van der Waals surface area contributed by atoms with Gasteiger partial charge in [-0.1, -0.05) is 33.1 Å². The highest BCUT2D eigenvalue weighted by Gasteiger charge is 2.15. The Morgan fingerprint density at radius 3 is 2.33 bits per heavy atom. The first-order chi connectivity index (χ1) is 7.05. The van der Waals surface area contributed by atoms with Gasteiger partial charge in [0.05, 0.1) is 5.75 Å². The fraction of sp³-hybridized carbons (Fsp3) is 1.00. The number of hydrogen-bond acceptors (Lipinski definition) is 2. The second-order valence-electron chi connectivity index (χ2n) is 3.75. The van der Waals surface area contributed by atoms with Crippen LogP contribution in [0.25, 0.3) is 0 Å². The Labute approximate surface area is 98.6 Å². The maximum absolute atomic E-state index is 11.5. The quantitative estimate of drug-likeness (QED) is 0.644. The van der Waals surface area contributed by atoms with Gasteiger partial charge in [-0.25, -0.2) is 13.1 Å². The fourth-order valence-corrected chi connectivity index (χ4v) is 3.15. The lowest BCUT2D eigenvalue weighted by Crippen LogP contribution is -2.36. The topological polar surface area (TPSA) is 46.2 Å². The average molecular weight is 256 g/mol. The summed E-state index contributed by atoms with van der Waals surface area (Å²) in [5.41, 5.74) is 0. The second-order valence-corrected chi connectivity index (χ2v) is 6.00. The van der Waals surface area contributed by atoms with Gasteiger partial charge in [-0.05, 0) is 12.8 Å². The molecule has 0 aliphatic rings. The number of alkyl halides is 1. The molecule has 0 amide bonds. The number of rotatable bonds is 9. The molecule has 5 heteroatoms. The molecule has 0 spiro atoms. The molecule has 15 heavy (non-hydrogen) atoms. The van der Waals surface area contributed by atoms with E-state index in [4.69, 9.17) is 11.6 Å². The normalized spacial score (nSPS) is 14.1. The fourth-order valence-electron chi connectivity index (χ4n) is 1.48. The summed E-state index contributed by atoms with van der Waals surface area (Å²) in [6, 6.07) is 0.0863. The lowest BCUT2D eigenvalue weighted by Gasteiger charge is -2.17. The SMILES string of the molecule is CCCCC(CCC)NS(=O)(=O)CCCl. The smallest absolute Gasteiger partial charge is 0.212 e. The van der Waals surface area contributed by atoms with Crippen LogP contribution in [-0.2, 0) is 10.0 Å². The molecule has 0 aromatic heterocycles. The van der Waals surface area contributed by atoms with Gasteiger partial charge in [0.15, 0.2) is 0 Å². The van der Waals surface area contributed by atoms with Gasteiger partial charge in [-0.3, -0.25) is 0 Å². The van der Waals surface area contributed by atoms with Crippen molar-refractivity contribution in [2.75, 3.05) is 11.6 Å². The second kappa shape index (κ2) is 8.36. The first-order valence-corrected chi connectivity index (χ1v) is 7.80. The lowest BCUT2D eigenvalue weighted by atomic mass is 10.1. The van der Waals surface area contributed by atoms with Crippen molar-refractivity contribution in [1.29, 1.82) is 0 Å². The largest absolute Gasteiger partial charge is 0.213 e. The van der Waals surface area contributed by atoms with Gasteiger partial charge in [0.25, 0.3) is 0 Å². The van der Waals surface area contributed by atoms with E-state index in [2.05, 4.69) is 18.6 Å². The van der Waals surface area contributed by atoms with Gasteiger partial charge in [0.1, 0.15) is 0 Å². The Bertz CT molecular complexity index is 242. The molecule has 92 valence electrons. The molecule has 1 atom stereocenters. The molecule has 0 heterocycles. The molecule has 0 rings (SSSR count). The molecule has 0 aromatic rings. The van der Waals surface area contributed by atoms with Gasteiger partial charge in [-0.2, -0.15) is 0 Å². The highest BCUT2D eigenvalue weighted by molar-refractivity contribution is 7.89. The minimum absolute atomic E-state index is 0.0148. The molecule has 0 saturated carbocycles. The van der Waals surface area contributed by atoms with Crippen LogP contribution < -0.4 is 4.72 Å². The number of sulfonamides is 1. The van der Waals surface area contributed by atoms with E-state index < -0.39 is 10.0 Å². The Morgan fingerprint density at radius 1 is 1.20 bits per heavy atom. The van der Waals surface area contributed by atoms with E-state index in [0.29, 0.717) is 0 Å². The first kappa shape index (κ1) is 15.2. The number of unbranched alkanes of at least 4 members (excludes halogenated alkanes) is 1. The molecular formula is C10H22ClNO2S. The zero-order valence-electron chi connectivity index (χ0n) is 9.63. The summed E-state index contributed by atoms with van der Waals surface area (Å²) in [6.45, 7) is 4.17. The van der Waals surface area contributed by atoms with E-state index in [1.807, 2.05) is 0 Å². The number of halogens is 1. The number of nitrogens with one attached hydrogen (secondary N) is 1. The molecule has 0 saturated heterocycles. The zero-order chi connectivity index (χ0) is 11.7. The maximum atomic E-state index is 11.5. The predicted molar refractivity (Wildman–Crippen MR) is 65.9 cm³/mol. The molecular weight excluding hydrogens is 234 g/mol. The van der Waals surface area contributed by atoms with Crippen molar-refractivity contribution in [1.82, 2.24) is 4.72 Å². The van der Waals surface area contributed by atoms with Gasteiger partial charge in [0, 0.05) is 11.9 Å². The van der Waals surface area contributed by atoms with Gasteiger partial charge < -0.3 is 0 Å². The standard InChI is InChI=1S/C10H22ClNO2S/c1-3-5-7-10(6-4-2)12-15(13,14)9-8-11/h10,12H,3-9H2,1-2H3. The van der Waals surface area contributed by atoms with Crippen molar-refractivity contribution in [2.45, 2.75) is 52.0 Å². The summed E-state index contributed by atoms with van der Waals surface area (Å²) >= 11 is 5.43. The van der Waals surface area contributed by atoms with Crippen LogP contribution in [-0.4, -0.2) is 26.1 Å². The molecule has 0 aliphatic heterocycles. The molecule has 0 aromatic carbocycles. The van der Waals surface area contributed by atoms with Crippen LogP contribution in [0.5, 0.6) is 0 Å². The molecule has 0 fully saturated rings. The van der Waals surface area contributed by atoms with Crippen molar-refractivity contribution >= 4 is 21.6 Å². The van der Waals surface area contributed by atoms with Crippen molar-refractivity contribution in [2.24, 2.45) is 0 Å². The van der Waals surface area contributed by atoms with Gasteiger partial charge in [-0.15, -0.1) is 11.6 Å². The summed E-state index contributed by atoms with van der Waals surface area (Å²) < 4.78 is 25.7. The Kier molecular flexibility index (Phi) is 8.47. The lowest BCUT2D eigenvalue weighted by molar-refractivity contribution is 0.484. The van der Waals surface area contributed by atoms with Crippen LogP contribution >= 0.6 is 11.6 Å². The maximum Gasteiger partial charge on any atom is 0.213 e. The molecule has 0 bridgehead atoms. The van der Waals surface area contributed by atoms with Crippen molar-refractivity contribution in [3.05, 3.63) is 0 Å². The summed E-state index contributed by atoms with van der Waals surface area (Å²) in [5, 5.41) is 0.